The molecule has 0 saturated heterocycles. The van der Waals surface area contributed by atoms with Gasteiger partial charge >= 0.3 is 0 Å². The van der Waals surface area contributed by atoms with E-state index in [-0.39, 0.29) is 18.0 Å². The summed E-state index contributed by atoms with van der Waals surface area (Å²) in [6, 6.07) is 9.24. The van der Waals surface area contributed by atoms with E-state index >= 15 is 0 Å². The molecular weight excluding hydrogens is 336 g/mol. The molecule has 0 aliphatic carbocycles. The molecule has 0 fully saturated rings. The maximum Gasteiger partial charge on any atom is 0.258 e. The van der Waals surface area contributed by atoms with Gasteiger partial charge in [-0.2, -0.15) is 11.3 Å². The Morgan fingerprint density at radius 1 is 1.20 bits per heavy atom. The van der Waals surface area contributed by atoms with Crippen molar-refractivity contribution >= 4 is 28.1 Å². The van der Waals surface area contributed by atoms with E-state index in [1.807, 2.05) is 47.0 Å². The van der Waals surface area contributed by atoms with Crippen LogP contribution in [0.1, 0.15) is 11.4 Å². The Balaban J connectivity index is 1.63. The van der Waals surface area contributed by atoms with Crippen molar-refractivity contribution in [3.63, 3.8) is 0 Å². The molecule has 0 aliphatic heterocycles. The van der Waals surface area contributed by atoms with Gasteiger partial charge in [-0.15, -0.1) is 0 Å². The highest BCUT2D eigenvalue weighted by atomic mass is 32.1. The average Bonchev–Trinajstić information content (AvgIpc) is 3.07. The fourth-order valence-corrected chi connectivity index (χ4v) is 3.28. The second-order valence-electron chi connectivity index (χ2n) is 6.08. The molecule has 0 unspecified atom stereocenters. The third kappa shape index (κ3) is 4.32. The largest absolute Gasteiger partial charge is 0.340 e. The van der Waals surface area contributed by atoms with Gasteiger partial charge in [0.15, 0.2) is 0 Å². The molecule has 3 aromatic rings. The van der Waals surface area contributed by atoms with Gasteiger partial charge in [0.2, 0.25) is 5.91 Å². The van der Waals surface area contributed by atoms with E-state index in [1.54, 1.807) is 29.4 Å². The summed E-state index contributed by atoms with van der Waals surface area (Å²) in [6.07, 6.45) is 0. The Morgan fingerprint density at radius 2 is 2.00 bits per heavy atom. The molecule has 0 spiro atoms. The van der Waals surface area contributed by atoms with Gasteiger partial charge in [0.25, 0.3) is 5.56 Å². The van der Waals surface area contributed by atoms with E-state index in [1.165, 1.54) is 0 Å². The van der Waals surface area contributed by atoms with Crippen molar-refractivity contribution in [1.82, 2.24) is 19.8 Å². The number of hydrogen-bond donors (Lipinski definition) is 1. The molecule has 3 rings (SSSR count). The number of amides is 1. The number of aromatic nitrogens is 2. The number of likely N-dealkylation sites (N-methyl/N-ethyl adjacent to an activating group) is 2. The lowest BCUT2D eigenvalue weighted by Gasteiger charge is -2.21. The maximum absolute atomic E-state index is 12.3. The summed E-state index contributed by atoms with van der Waals surface area (Å²) in [7, 11) is 3.63. The molecule has 0 aliphatic rings. The molecule has 130 valence electrons. The molecule has 0 bridgehead atoms. The SMILES string of the molecule is CN(CC(=O)N(C)Cc1ccsc1)Cc1nc2ccccc2c(=O)[nH]1. The molecule has 1 aromatic carbocycles. The highest BCUT2D eigenvalue weighted by molar-refractivity contribution is 7.07. The number of carbonyl (C=O) groups is 1. The Labute approximate surface area is 149 Å². The number of aromatic amines is 1. The molecule has 0 radical (unpaired) electrons. The topological polar surface area (TPSA) is 69.3 Å². The Hall–Kier alpha value is -2.51. The van der Waals surface area contributed by atoms with Gasteiger partial charge in [0.05, 0.1) is 24.0 Å². The molecule has 7 heteroatoms. The zero-order valence-corrected chi connectivity index (χ0v) is 15.0. The Kier molecular flexibility index (Phi) is 5.25. The van der Waals surface area contributed by atoms with Crippen LogP contribution in [-0.2, 0) is 17.9 Å². The van der Waals surface area contributed by atoms with Crippen molar-refractivity contribution in [3.8, 4) is 0 Å². The smallest absolute Gasteiger partial charge is 0.258 e. The van der Waals surface area contributed by atoms with Crippen LogP contribution in [0.5, 0.6) is 0 Å². The van der Waals surface area contributed by atoms with Crippen LogP contribution in [0.4, 0.5) is 0 Å². The van der Waals surface area contributed by atoms with Crippen molar-refractivity contribution in [2.45, 2.75) is 13.1 Å². The van der Waals surface area contributed by atoms with E-state index in [2.05, 4.69) is 9.97 Å². The number of H-pyrrole nitrogens is 1. The first-order valence-corrected chi connectivity index (χ1v) is 8.89. The first-order valence-electron chi connectivity index (χ1n) is 7.94. The highest BCUT2D eigenvalue weighted by Crippen LogP contribution is 2.09. The van der Waals surface area contributed by atoms with Crippen LogP contribution >= 0.6 is 11.3 Å². The predicted molar refractivity (Wildman–Crippen MR) is 99.5 cm³/mol. The molecule has 2 aromatic heterocycles. The summed E-state index contributed by atoms with van der Waals surface area (Å²) in [5.74, 6) is 0.580. The van der Waals surface area contributed by atoms with Gasteiger partial charge in [-0.05, 0) is 41.6 Å². The van der Waals surface area contributed by atoms with Crippen molar-refractivity contribution < 1.29 is 4.79 Å². The number of benzene rings is 1. The first kappa shape index (κ1) is 17.3. The number of nitrogens with zero attached hydrogens (tertiary/aromatic N) is 3. The summed E-state index contributed by atoms with van der Waals surface area (Å²) >= 11 is 1.62. The second-order valence-corrected chi connectivity index (χ2v) is 6.86. The first-order chi connectivity index (χ1) is 12.0. The van der Waals surface area contributed by atoms with Crippen molar-refractivity contribution in [3.05, 3.63) is 62.8 Å². The van der Waals surface area contributed by atoms with Crippen LogP contribution in [0.2, 0.25) is 0 Å². The predicted octanol–water partition coefficient (Wildman–Crippen LogP) is 2.07. The van der Waals surface area contributed by atoms with Crippen LogP contribution < -0.4 is 5.56 Å². The maximum atomic E-state index is 12.3. The molecule has 0 saturated carbocycles. The molecule has 1 amide bonds. The van der Waals surface area contributed by atoms with E-state index in [0.29, 0.717) is 29.8 Å². The molecule has 25 heavy (non-hydrogen) atoms. The number of thiophene rings is 1. The third-order valence-electron chi connectivity index (χ3n) is 3.91. The van der Waals surface area contributed by atoms with Crippen LogP contribution in [0.3, 0.4) is 0 Å². The monoisotopic (exact) mass is 356 g/mol. The quantitative estimate of drug-likeness (QED) is 0.734. The molecule has 2 heterocycles. The number of carbonyl (C=O) groups excluding carboxylic acids is 1. The van der Waals surface area contributed by atoms with Gasteiger partial charge < -0.3 is 9.88 Å². The average molecular weight is 356 g/mol. The fraction of sp³-hybridized carbons (Fsp3) is 0.278. The number of nitrogens with one attached hydrogen (secondary N) is 1. The number of hydrogen-bond acceptors (Lipinski definition) is 5. The number of rotatable bonds is 6. The van der Waals surface area contributed by atoms with E-state index in [9.17, 15) is 9.59 Å². The number of fused-ring (bicyclic) bond motifs is 1. The fourth-order valence-electron chi connectivity index (χ4n) is 2.62. The summed E-state index contributed by atoms with van der Waals surface area (Å²) in [5.41, 5.74) is 1.63. The number of para-hydroxylation sites is 1. The van der Waals surface area contributed by atoms with E-state index in [0.717, 1.165) is 5.56 Å². The summed E-state index contributed by atoms with van der Waals surface area (Å²) in [4.78, 5) is 35.3. The zero-order valence-electron chi connectivity index (χ0n) is 14.2. The van der Waals surface area contributed by atoms with Gasteiger partial charge in [-0.3, -0.25) is 14.5 Å². The minimum atomic E-state index is -0.157. The minimum absolute atomic E-state index is 0.0248. The summed E-state index contributed by atoms with van der Waals surface area (Å²) < 4.78 is 0. The van der Waals surface area contributed by atoms with Crippen LogP contribution in [0.25, 0.3) is 10.9 Å². The standard InChI is InChI=1S/C18H20N4O2S/c1-21(11-17(23)22(2)9-13-7-8-25-12-13)10-16-19-15-6-4-3-5-14(15)18(24)20-16/h3-8,12H,9-11H2,1-2H3,(H,19,20,24). The lowest BCUT2D eigenvalue weighted by molar-refractivity contribution is -0.131. The summed E-state index contributed by atoms with van der Waals surface area (Å²) in [5, 5.41) is 4.61. The van der Waals surface area contributed by atoms with Crippen molar-refractivity contribution in [1.29, 1.82) is 0 Å². The molecular formula is C18H20N4O2S. The van der Waals surface area contributed by atoms with E-state index in [4.69, 9.17) is 0 Å². The van der Waals surface area contributed by atoms with Gasteiger partial charge in [0.1, 0.15) is 5.82 Å². The Bertz CT molecular complexity index is 920. The van der Waals surface area contributed by atoms with Crippen molar-refractivity contribution in [2.75, 3.05) is 20.6 Å². The highest BCUT2D eigenvalue weighted by Gasteiger charge is 2.14. The lowest BCUT2D eigenvalue weighted by Crippen LogP contribution is -2.36. The van der Waals surface area contributed by atoms with Crippen LogP contribution in [-0.4, -0.2) is 46.3 Å². The van der Waals surface area contributed by atoms with Gasteiger partial charge in [-0.25, -0.2) is 4.98 Å². The Morgan fingerprint density at radius 3 is 2.76 bits per heavy atom. The van der Waals surface area contributed by atoms with Crippen LogP contribution in [0.15, 0.2) is 45.9 Å². The van der Waals surface area contributed by atoms with Gasteiger partial charge in [0, 0.05) is 13.6 Å². The van der Waals surface area contributed by atoms with Crippen molar-refractivity contribution in [2.24, 2.45) is 0 Å². The molecule has 1 N–H and O–H groups in total. The third-order valence-corrected chi connectivity index (χ3v) is 4.64. The van der Waals surface area contributed by atoms with E-state index < -0.39 is 0 Å². The molecule has 6 nitrogen and oxygen atoms in total. The normalized spacial score (nSPS) is 11.2. The lowest BCUT2D eigenvalue weighted by atomic mass is 10.2. The van der Waals surface area contributed by atoms with Gasteiger partial charge in [-0.1, -0.05) is 12.1 Å². The summed E-state index contributed by atoms with van der Waals surface area (Å²) in [6.45, 7) is 1.26. The molecule has 0 atom stereocenters. The zero-order chi connectivity index (χ0) is 17.8. The second kappa shape index (κ2) is 7.58. The minimum Gasteiger partial charge on any atom is -0.340 e. The van der Waals surface area contributed by atoms with Crippen LogP contribution in [0, 0.1) is 0 Å².